The van der Waals surface area contributed by atoms with Crippen LogP contribution in [-0.2, 0) is 4.79 Å². The number of aliphatic hydroxyl groups excluding tert-OH is 4. The molecule has 0 aliphatic rings. The predicted octanol–water partition coefficient (Wildman–Crippen LogP) is 10.1. The highest BCUT2D eigenvalue weighted by Gasteiger charge is 2.28. The lowest BCUT2D eigenvalue weighted by Crippen LogP contribution is -2.53. The smallest absolute Gasteiger partial charge is 0.249 e. The number of nitrogens with one attached hydrogen (secondary N) is 1. The molecule has 0 fully saturated rings. The Morgan fingerprint density at radius 2 is 0.739 bits per heavy atom. The molecule has 1 amide bonds. The third-order valence-electron chi connectivity index (χ3n) is 9.82. The van der Waals surface area contributed by atoms with Crippen molar-refractivity contribution in [3.05, 3.63) is 0 Å². The molecule has 0 aromatic carbocycles. The molecule has 0 bridgehead atoms. The Hall–Kier alpha value is -0.690. The highest BCUT2D eigenvalue weighted by Crippen LogP contribution is 2.17. The van der Waals surface area contributed by atoms with Crippen LogP contribution in [0.2, 0.25) is 0 Å². The summed E-state index contributed by atoms with van der Waals surface area (Å²) in [6.07, 6.45) is 35.6. The second-order valence-corrected chi connectivity index (χ2v) is 14.3. The second kappa shape index (κ2) is 35.6. The number of carbonyl (C=O) groups excluding carboxylic acids is 1. The summed E-state index contributed by atoms with van der Waals surface area (Å²) in [5.74, 6) is -0.581. The van der Waals surface area contributed by atoms with Gasteiger partial charge in [-0.25, -0.2) is 0 Å². The number of amides is 1. The maximum absolute atomic E-state index is 12.5. The highest BCUT2D eigenvalue weighted by atomic mass is 16.3. The van der Waals surface area contributed by atoms with E-state index >= 15 is 0 Å². The van der Waals surface area contributed by atoms with Crippen molar-refractivity contribution in [3.8, 4) is 0 Å². The van der Waals surface area contributed by atoms with Gasteiger partial charge in [0.15, 0.2) is 0 Å². The van der Waals surface area contributed by atoms with Crippen molar-refractivity contribution < 1.29 is 25.2 Å². The van der Waals surface area contributed by atoms with Crippen molar-refractivity contribution in [2.75, 3.05) is 6.61 Å². The van der Waals surface area contributed by atoms with E-state index in [0.29, 0.717) is 12.8 Å². The first-order chi connectivity index (χ1) is 22.5. The number of unbranched alkanes of at least 4 members (excludes halogenated alkanes) is 28. The number of hydrogen-bond acceptors (Lipinski definition) is 5. The van der Waals surface area contributed by atoms with Gasteiger partial charge in [-0.3, -0.25) is 4.79 Å². The zero-order valence-electron chi connectivity index (χ0n) is 30.8. The molecule has 4 unspecified atom stereocenters. The Balaban J connectivity index is 3.70. The molecular weight excluding hydrogens is 574 g/mol. The van der Waals surface area contributed by atoms with Crippen LogP contribution in [0, 0.1) is 0 Å². The van der Waals surface area contributed by atoms with E-state index in [1.165, 1.54) is 154 Å². The van der Waals surface area contributed by atoms with Crippen molar-refractivity contribution in [1.82, 2.24) is 5.32 Å². The van der Waals surface area contributed by atoms with Gasteiger partial charge < -0.3 is 25.7 Å². The minimum absolute atomic E-state index is 0.375. The summed E-state index contributed by atoms with van der Waals surface area (Å²) in [5, 5.41) is 43.5. The largest absolute Gasteiger partial charge is 0.394 e. The lowest BCUT2D eigenvalue weighted by molar-refractivity contribution is -0.132. The van der Waals surface area contributed by atoms with Crippen LogP contribution in [0.5, 0.6) is 0 Å². The van der Waals surface area contributed by atoms with Gasteiger partial charge in [-0.05, 0) is 12.8 Å². The van der Waals surface area contributed by atoms with Crippen LogP contribution in [0.3, 0.4) is 0 Å². The zero-order valence-corrected chi connectivity index (χ0v) is 30.8. The molecule has 0 saturated heterocycles. The fourth-order valence-electron chi connectivity index (χ4n) is 6.52. The molecule has 6 nitrogen and oxygen atoms in total. The van der Waals surface area contributed by atoms with Gasteiger partial charge in [0.1, 0.15) is 12.2 Å². The summed E-state index contributed by atoms with van der Waals surface area (Å²) < 4.78 is 0. The van der Waals surface area contributed by atoms with Gasteiger partial charge in [0.05, 0.1) is 18.8 Å². The van der Waals surface area contributed by atoms with Crippen LogP contribution in [0.1, 0.15) is 219 Å². The molecule has 0 saturated carbocycles. The summed E-state index contributed by atoms with van der Waals surface area (Å²) >= 11 is 0. The maximum Gasteiger partial charge on any atom is 0.249 e. The van der Waals surface area contributed by atoms with Crippen molar-refractivity contribution in [1.29, 1.82) is 0 Å². The van der Waals surface area contributed by atoms with Crippen molar-refractivity contribution in [2.24, 2.45) is 0 Å². The molecule has 0 heterocycles. The Morgan fingerprint density at radius 1 is 0.457 bits per heavy atom. The number of aliphatic hydroxyl groups is 4. The van der Waals surface area contributed by atoms with E-state index in [0.717, 1.165) is 38.5 Å². The monoisotopic (exact) mass is 656 g/mol. The average molecular weight is 656 g/mol. The molecule has 46 heavy (non-hydrogen) atoms. The summed E-state index contributed by atoms with van der Waals surface area (Å²) in [5.41, 5.74) is 0. The van der Waals surface area contributed by atoms with Crippen molar-refractivity contribution >= 4 is 5.91 Å². The quantitative estimate of drug-likeness (QED) is 0.0428. The molecule has 6 heteroatoms. The summed E-state index contributed by atoms with van der Waals surface area (Å²) in [6.45, 7) is 4.04. The lowest BCUT2D eigenvalue weighted by atomic mass is 9.99. The van der Waals surface area contributed by atoms with Gasteiger partial charge in [-0.1, -0.05) is 206 Å². The number of rotatable bonds is 37. The van der Waals surface area contributed by atoms with E-state index in [-0.39, 0.29) is 0 Å². The van der Waals surface area contributed by atoms with Gasteiger partial charge in [0, 0.05) is 0 Å². The fraction of sp³-hybridized carbons (Fsp3) is 0.975. The van der Waals surface area contributed by atoms with E-state index in [1.54, 1.807) is 0 Å². The molecule has 0 aromatic rings. The molecular formula is C40H81NO5. The Bertz CT molecular complexity index is 618. The van der Waals surface area contributed by atoms with Crippen LogP contribution in [0.25, 0.3) is 0 Å². The molecule has 0 aliphatic heterocycles. The van der Waals surface area contributed by atoms with Gasteiger partial charge in [-0.2, -0.15) is 0 Å². The van der Waals surface area contributed by atoms with E-state index in [2.05, 4.69) is 19.2 Å². The Kier molecular flexibility index (Phi) is 35.1. The number of hydrogen-bond donors (Lipinski definition) is 5. The van der Waals surface area contributed by atoms with Crippen molar-refractivity contribution in [2.45, 2.75) is 244 Å². The topological polar surface area (TPSA) is 110 Å². The second-order valence-electron chi connectivity index (χ2n) is 14.3. The van der Waals surface area contributed by atoms with Gasteiger partial charge in [0.25, 0.3) is 0 Å². The van der Waals surface area contributed by atoms with Gasteiger partial charge in [-0.15, -0.1) is 0 Å². The summed E-state index contributed by atoms with van der Waals surface area (Å²) in [6, 6.07) is -0.977. The third-order valence-corrected chi connectivity index (χ3v) is 9.82. The Morgan fingerprint density at radius 3 is 1.04 bits per heavy atom. The molecule has 0 spiro atoms. The first-order valence-corrected chi connectivity index (χ1v) is 20.4. The van der Waals surface area contributed by atoms with E-state index in [4.69, 9.17) is 0 Å². The third kappa shape index (κ3) is 29.4. The van der Waals surface area contributed by atoms with Crippen LogP contribution in [0.4, 0.5) is 0 Å². The standard InChI is InChI=1S/C40H81NO5/c1-3-5-7-9-11-13-15-16-17-18-19-20-21-22-24-26-28-30-32-34-38(44)40(46)41-36(35-42)39(45)37(43)33-31-29-27-25-23-14-12-10-8-6-4-2/h36-39,42-45H,3-35H2,1-2H3,(H,41,46). The minimum atomic E-state index is -1.25. The Labute approximate surface area is 286 Å². The molecule has 276 valence electrons. The van der Waals surface area contributed by atoms with Crippen LogP contribution in [-0.4, -0.2) is 57.3 Å². The van der Waals surface area contributed by atoms with E-state index in [9.17, 15) is 25.2 Å². The molecule has 0 aromatic heterocycles. The maximum atomic E-state index is 12.5. The lowest BCUT2D eigenvalue weighted by Gasteiger charge is -2.27. The molecule has 4 atom stereocenters. The van der Waals surface area contributed by atoms with Gasteiger partial charge >= 0.3 is 0 Å². The molecule has 5 N–H and O–H groups in total. The van der Waals surface area contributed by atoms with Crippen molar-refractivity contribution in [3.63, 3.8) is 0 Å². The zero-order chi connectivity index (χ0) is 33.9. The molecule has 0 aliphatic carbocycles. The van der Waals surface area contributed by atoms with Crippen LogP contribution < -0.4 is 5.32 Å². The summed E-state index contributed by atoms with van der Waals surface area (Å²) in [7, 11) is 0. The average Bonchev–Trinajstić information content (AvgIpc) is 3.06. The van der Waals surface area contributed by atoms with E-state index < -0.39 is 36.9 Å². The normalized spacial score (nSPS) is 14.3. The van der Waals surface area contributed by atoms with E-state index in [1.807, 2.05) is 0 Å². The molecule has 0 rings (SSSR count). The molecule has 0 radical (unpaired) electrons. The first kappa shape index (κ1) is 45.3. The number of carbonyl (C=O) groups is 1. The highest BCUT2D eigenvalue weighted by molar-refractivity contribution is 5.80. The van der Waals surface area contributed by atoms with Crippen LogP contribution >= 0.6 is 0 Å². The SMILES string of the molecule is CCCCCCCCCCCCCCCCCCCCCC(O)C(=O)NC(CO)C(O)C(O)CCCCCCCCCCCCC. The predicted molar refractivity (Wildman–Crippen MR) is 196 cm³/mol. The first-order valence-electron chi connectivity index (χ1n) is 20.4. The minimum Gasteiger partial charge on any atom is -0.394 e. The van der Waals surface area contributed by atoms with Crippen LogP contribution in [0.15, 0.2) is 0 Å². The van der Waals surface area contributed by atoms with Gasteiger partial charge in [0.2, 0.25) is 5.91 Å². The fourth-order valence-corrected chi connectivity index (χ4v) is 6.52. The summed E-state index contributed by atoms with van der Waals surface area (Å²) in [4.78, 5) is 12.5.